The van der Waals surface area contributed by atoms with Crippen LogP contribution in [0.15, 0.2) is 23.8 Å². The molecular weight excluding hydrogens is 164 g/mol. The summed E-state index contributed by atoms with van der Waals surface area (Å²) in [6, 6.07) is -0.0794. The van der Waals surface area contributed by atoms with Crippen molar-refractivity contribution in [3.8, 4) is 0 Å². The van der Waals surface area contributed by atoms with E-state index in [4.69, 9.17) is 11.6 Å². The Morgan fingerprint density at radius 3 is 3.00 bits per heavy atom. The Balaban J connectivity index is 2.52. The predicted octanol–water partition coefficient (Wildman–Crippen LogP) is 2.00. The van der Waals surface area contributed by atoms with E-state index in [9.17, 15) is 4.79 Å². The highest BCUT2D eigenvalue weighted by atomic mass is 35.5. The summed E-state index contributed by atoms with van der Waals surface area (Å²) in [6.45, 7) is 0. The molecule has 0 unspecified atom stereocenters. The summed E-state index contributed by atoms with van der Waals surface area (Å²) in [7, 11) is 0. The third kappa shape index (κ3) is 2.39. The van der Waals surface area contributed by atoms with Crippen molar-refractivity contribution < 1.29 is 9.53 Å². The number of ether oxygens (including phenoxy) is 1. The Labute approximate surface area is 70.5 Å². The Bertz CT molecular complexity index is 206. The third-order valence-electron chi connectivity index (χ3n) is 1.42. The molecule has 0 spiro atoms. The van der Waals surface area contributed by atoms with Gasteiger partial charge in [-0.1, -0.05) is 29.8 Å². The fourth-order valence-electron chi connectivity index (χ4n) is 0.898. The number of carbonyl (C=O) groups excluding carboxylic acids is 1. The number of allylic oxidation sites excluding steroid dienone is 2. The van der Waals surface area contributed by atoms with Gasteiger partial charge in [0.2, 0.25) is 0 Å². The summed E-state index contributed by atoms with van der Waals surface area (Å²) in [6.07, 6.45) is 7.47. The fraction of sp³-hybridized carbons (Fsp3) is 0.375. The monoisotopic (exact) mass is 172 g/mol. The molecule has 0 atom stereocenters. The number of hydrogen-bond donors (Lipinski definition) is 0. The van der Waals surface area contributed by atoms with Crippen LogP contribution in [0.1, 0.15) is 12.8 Å². The highest BCUT2D eigenvalue weighted by Gasteiger charge is 2.07. The van der Waals surface area contributed by atoms with Crippen LogP contribution in [0.25, 0.3) is 0 Å². The highest BCUT2D eigenvalue weighted by Crippen LogP contribution is 2.10. The zero-order valence-corrected chi connectivity index (χ0v) is 6.80. The number of carbonyl (C=O) groups is 1. The van der Waals surface area contributed by atoms with Crippen LogP contribution in [0.4, 0.5) is 0 Å². The van der Waals surface area contributed by atoms with Crippen molar-refractivity contribution in [1.82, 2.24) is 0 Å². The number of alkyl halides is 1. The van der Waals surface area contributed by atoms with Gasteiger partial charge in [0.25, 0.3) is 0 Å². The molecule has 3 heteroatoms. The zero-order chi connectivity index (χ0) is 8.10. The molecule has 0 heterocycles. The maximum atomic E-state index is 11.0. The van der Waals surface area contributed by atoms with Crippen molar-refractivity contribution in [3.63, 3.8) is 0 Å². The minimum Gasteiger partial charge on any atom is -0.446 e. The van der Waals surface area contributed by atoms with Gasteiger partial charge in [-0.3, -0.25) is 0 Å². The predicted molar refractivity (Wildman–Crippen MR) is 43.3 cm³/mol. The van der Waals surface area contributed by atoms with Gasteiger partial charge in [0, 0.05) is 0 Å². The molecule has 0 amide bonds. The van der Waals surface area contributed by atoms with Crippen molar-refractivity contribution in [3.05, 3.63) is 23.8 Å². The average molecular weight is 173 g/mol. The van der Waals surface area contributed by atoms with Gasteiger partial charge in [0.15, 0.2) is 6.07 Å². The van der Waals surface area contributed by atoms with E-state index < -0.39 is 0 Å². The van der Waals surface area contributed by atoms with E-state index in [1.54, 1.807) is 6.08 Å². The van der Waals surface area contributed by atoms with Gasteiger partial charge in [-0.15, -0.1) is 0 Å². The lowest BCUT2D eigenvalue weighted by molar-refractivity contribution is -0.136. The first kappa shape index (κ1) is 8.34. The Hall–Kier alpha value is -0.760. The molecule has 1 rings (SSSR count). The molecule has 0 saturated carbocycles. The van der Waals surface area contributed by atoms with Crippen molar-refractivity contribution >= 4 is 17.6 Å². The van der Waals surface area contributed by atoms with Crippen molar-refractivity contribution in [2.75, 3.05) is 6.07 Å². The molecule has 0 aliphatic heterocycles. The molecule has 2 nitrogen and oxygen atoms in total. The molecule has 1 aliphatic rings. The number of rotatable bonds is 2. The lowest BCUT2D eigenvalue weighted by Crippen LogP contribution is -2.06. The van der Waals surface area contributed by atoms with Crippen molar-refractivity contribution in [2.45, 2.75) is 12.8 Å². The smallest absolute Gasteiger partial charge is 0.338 e. The second kappa shape index (κ2) is 4.19. The quantitative estimate of drug-likeness (QED) is 0.471. The first-order chi connectivity index (χ1) is 5.34. The molecular formula is C8H9ClO2. The molecule has 0 N–H and O–H groups in total. The Morgan fingerprint density at radius 2 is 2.45 bits per heavy atom. The molecule has 0 aromatic heterocycles. The molecule has 0 fully saturated rings. The van der Waals surface area contributed by atoms with E-state index in [0.29, 0.717) is 5.57 Å². The van der Waals surface area contributed by atoms with Gasteiger partial charge in [-0.25, -0.2) is 4.79 Å². The van der Waals surface area contributed by atoms with Gasteiger partial charge in [0.1, 0.15) is 0 Å². The van der Waals surface area contributed by atoms with Crippen LogP contribution in [0.2, 0.25) is 0 Å². The Kier molecular flexibility index (Phi) is 3.17. The van der Waals surface area contributed by atoms with Gasteiger partial charge >= 0.3 is 5.97 Å². The van der Waals surface area contributed by atoms with Crippen LogP contribution in [0, 0.1) is 0 Å². The van der Waals surface area contributed by atoms with Crippen LogP contribution < -0.4 is 0 Å². The zero-order valence-electron chi connectivity index (χ0n) is 6.05. The maximum absolute atomic E-state index is 11.0. The molecule has 0 saturated heterocycles. The standard InChI is InChI=1S/C8H9ClO2/c9-6-11-8(10)7-4-2-1-3-5-7/h2,4-5H,1,3,6H2. The van der Waals surface area contributed by atoms with Gasteiger partial charge in [-0.05, 0) is 12.8 Å². The number of hydrogen-bond acceptors (Lipinski definition) is 2. The normalized spacial score (nSPS) is 15.9. The maximum Gasteiger partial charge on any atom is 0.338 e. The van der Waals surface area contributed by atoms with E-state index >= 15 is 0 Å². The van der Waals surface area contributed by atoms with Crippen molar-refractivity contribution in [2.24, 2.45) is 0 Å². The van der Waals surface area contributed by atoms with Crippen LogP contribution in [0.5, 0.6) is 0 Å². The van der Waals surface area contributed by atoms with E-state index in [1.165, 1.54) is 0 Å². The summed E-state index contributed by atoms with van der Waals surface area (Å²) in [5, 5.41) is 0. The average Bonchev–Trinajstić information content (AvgIpc) is 2.07. The van der Waals surface area contributed by atoms with Crippen LogP contribution in [0.3, 0.4) is 0 Å². The summed E-state index contributed by atoms with van der Waals surface area (Å²) in [4.78, 5) is 11.0. The highest BCUT2D eigenvalue weighted by molar-refractivity contribution is 6.17. The van der Waals surface area contributed by atoms with Gasteiger partial charge in [0.05, 0.1) is 5.57 Å². The van der Waals surface area contributed by atoms with E-state index in [2.05, 4.69) is 4.74 Å². The molecule has 11 heavy (non-hydrogen) atoms. The summed E-state index contributed by atoms with van der Waals surface area (Å²) < 4.78 is 4.59. The summed E-state index contributed by atoms with van der Waals surface area (Å²) >= 11 is 5.22. The second-order valence-electron chi connectivity index (χ2n) is 2.18. The number of esters is 1. The van der Waals surface area contributed by atoms with E-state index in [0.717, 1.165) is 12.8 Å². The van der Waals surface area contributed by atoms with E-state index in [1.807, 2.05) is 12.2 Å². The minimum absolute atomic E-state index is 0.0794. The minimum atomic E-state index is -0.337. The second-order valence-corrected chi connectivity index (χ2v) is 2.40. The molecule has 60 valence electrons. The molecule has 0 bridgehead atoms. The lowest BCUT2D eigenvalue weighted by atomic mass is 10.1. The van der Waals surface area contributed by atoms with Crippen LogP contribution >= 0.6 is 11.6 Å². The number of halogens is 1. The molecule has 0 radical (unpaired) electrons. The summed E-state index contributed by atoms with van der Waals surface area (Å²) in [5.41, 5.74) is 0.608. The molecule has 0 aromatic rings. The topological polar surface area (TPSA) is 26.3 Å². The first-order valence-corrected chi connectivity index (χ1v) is 3.98. The lowest BCUT2D eigenvalue weighted by Gasteiger charge is -2.04. The van der Waals surface area contributed by atoms with Crippen LogP contribution in [-0.2, 0) is 9.53 Å². The fourth-order valence-corrected chi connectivity index (χ4v) is 0.997. The largest absolute Gasteiger partial charge is 0.446 e. The third-order valence-corrected chi connectivity index (χ3v) is 1.53. The SMILES string of the molecule is O=C(OCCl)C1=CCCC=C1. The molecule has 1 aliphatic carbocycles. The molecule has 0 aromatic carbocycles. The van der Waals surface area contributed by atoms with Gasteiger partial charge in [-0.2, -0.15) is 0 Å². The Morgan fingerprint density at radius 1 is 1.64 bits per heavy atom. The summed E-state index contributed by atoms with van der Waals surface area (Å²) in [5.74, 6) is -0.337. The van der Waals surface area contributed by atoms with E-state index in [-0.39, 0.29) is 12.0 Å². The van der Waals surface area contributed by atoms with Crippen molar-refractivity contribution in [1.29, 1.82) is 0 Å². The van der Waals surface area contributed by atoms with Gasteiger partial charge < -0.3 is 4.74 Å². The van der Waals surface area contributed by atoms with Crippen LogP contribution in [-0.4, -0.2) is 12.0 Å². The first-order valence-electron chi connectivity index (χ1n) is 3.44.